The van der Waals surface area contributed by atoms with E-state index in [1.807, 2.05) is 4.90 Å². The Morgan fingerprint density at radius 2 is 2.00 bits per heavy atom. The lowest BCUT2D eigenvalue weighted by atomic mass is 10.2. The molecule has 1 N–H and O–H groups in total. The van der Waals surface area contributed by atoms with Gasteiger partial charge in [-0.15, -0.1) is 0 Å². The van der Waals surface area contributed by atoms with Gasteiger partial charge in [-0.1, -0.05) is 17.7 Å². The minimum Gasteiger partial charge on any atom is -0.354 e. The van der Waals surface area contributed by atoms with E-state index < -0.39 is 22.6 Å². The SMILES string of the molecule is Cc1ccc(NC(=O)CN2CCCN(c3ncc(C(F)(F)F)cc3Cl)CC2)c([N+](=O)[O-])c1. The summed E-state index contributed by atoms with van der Waals surface area (Å²) in [7, 11) is 0. The molecule has 1 fully saturated rings. The van der Waals surface area contributed by atoms with Crippen LogP contribution in [0.5, 0.6) is 0 Å². The van der Waals surface area contributed by atoms with E-state index in [-0.39, 0.29) is 28.8 Å². The summed E-state index contributed by atoms with van der Waals surface area (Å²) in [5, 5.41) is 13.7. The fraction of sp³-hybridized carbons (Fsp3) is 0.400. The van der Waals surface area contributed by atoms with Gasteiger partial charge < -0.3 is 10.2 Å². The first-order chi connectivity index (χ1) is 15.0. The minimum atomic E-state index is -4.52. The number of nitro groups is 1. The first-order valence-corrected chi connectivity index (χ1v) is 10.2. The normalized spacial score (nSPS) is 15.3. The smallest absolute Gasteiger partial charge is 0.354 e. The Morgan fingerprint density at radius 1 is 1.25 bits per heavy atom. The number of anilines is 2. The summed E-state index contributed by atoms with van der Waals surface area (Å²) >= 11 is 6.05. The summed E-state index contributed by atoms with van der Waals surface area (Å²) in [6, 6.07) is 5.41. The van der Waals surface area contributed by atoms with E-state index in [9.17, 15) is 28.1 Å². The largest absolute Gasteiger partial charge is 0.417 e. The Bertz CT molecular complexity index is 1020. The number of nitro benzene ring substituents is 1. The number of carbonyl (C=O) groups excluding carboxylic acids is 1. The second kappa shape index (κ2) is 9.70. The molecular weight excluding hydrogens is 451 g/mol. The number of nitrogens with zero attached hydrogens (tertiary/aromatic N) is 4. The molecule has 1 aliphatic heterocycles. The van der Waals surface area contributed by atoms with Crippen LogP contribution in [-0.2, 0) is 11.0 Å². The van der Waals surface area contributed by atoms with Crippen molar-refractivity contribution < 1.29 is 22.9 Å². The highest BCUT2D eigenvalue weighted by atomic mass is 35.5. The molecule has 32 heavy (non-hydrogen) atoms. The van der Waals surface area contributed by atoms with Crippen LogP contribution in [0.3, 0.4) is 0 Å². The fourth-order valence-corrected chi connectivity index (χ4v) is 3.74. The van der Waals surface area contributed by atoms with E-state index in [4.69, 9.17) is 11.6 Å². The quantitative estimate of drug-likeness (QED) is 0.521. The number of pyridine rings is 1. The predicted octanol–water partition coefficient (Wildman–Crippen LogP) is 4.12. The van der Waals surface area contributed by atoms with Crippen LogP contribution in [-0.4, -0.2) is 53.4 Å². The predicted molar refractivity (Wildman–Crippen MR) is 114 cm³/mol. The molecule has 0 bridgehead atoms. The van der Waals surface area contributed by atoms with Crippen molar-refractivity contribution in [2.45, 2.75) is 19.5 Å². The molecule has 0 atom stereocenters. The molecule has 8 nitrogen and oxygen atoms in total. The zero-order chi connectivity index (χ0) is 23.5. The van der Waals surface area contributed by atoms with E-state index in [1.54, 1.807) is 17.9 Å². The Kier molecular flexibility index (Phi) is 7.19. The molecule has 1 aliphatic rings. The minimum absolute atomic E-state index is 0.0209. The van der Waals surface area contributed by atoms with Crippen LogP contribution >= 0.6 is 11.6 Å². The molecule has 0 saturated carbocycles. The molecule has 0 aliphatic carbocycles. The van der Waals surface area contributed by atoms with Gasteiger partial charge in [0.15, 0.2) is 0 Å². The van der Waals surface area contributed by atoms with Gasteiger partial charge in [-0.3, -0.25) is 19.8 Å². The lowest BCUT2D eigenvalue weighted by molar-refractivity contribution is -0.384. The van der Waals surface area contributed by atoms with Crippen molar-refractivity contribution in [2.75, 3.05) is 42.9 Å². The summed E-state index contributed by atoms with van der Waals surface area (Å²) in [6.45, 7) is 3.68. The van der Waals surface area contributed by atoms with Crippen molar-refractivity contribution >= 4 is 34.7 Å². The van der Waals surface area contributed by atoms with Crippen LogP contribution in [0, 0.1) is 17.0 Å². The molecule has 0 spiro atoms. The van der Waals surface area contributed by atoms with E-state index >= 15 is 0 Å². The van der Waals surface area contributed by atoms with Crippen LogP contribution in [0.2, 0.25) is 5.02 Å². The standard InChI is InChI=1S/C20H21ClF3N5O3/c1-13-3-4-16(17(9-13)29(31)32)26-18(30)12-27-5-2-6-28(8-7-27)19-15(21)10-14(11-25-19)20(22,23)24/h3-4,9-11H,2,5-8,12H2,1H3,(H,26,30). The Hall–Kier alpha value is -2.92. The third-order valence-corrected chi connectivity index (χ3v) is 5.31. The Morgan fingerprint density at radius 3 is 2.66 bits per heavy atom. The topological polar surface area (TPSA) is 91.6 Å². The monoisotopic (exact) mass is 471 g/mol. The maximum absolute atomic E-state index is 12.8. The summed E-state index contributed by atoms with van der Waals surface area (Å²) in [4.78, 5) is 30.7. The highest BCUT2D eigenvalue weighted by Gasteiger charge is 2.32. The molecular formula is C20H21ClF3N5O3. The van der Waals surface area contributed by atoms with Crippen LogP contribution in [0.4, 0.5) is 30.4 Å². The number of aromatic nitrogens is 1. The molecule has 1 aromatic heterocycles. The number of alkyl halides is 3. The van der Waals surface area contributed by atoms with Gasteiger partial charge >= 0.3 is 6.18 Å². The highest BCUT2D eigenvalue weighted by Crippen LogP contribution is 2.33. The second-order valence-corrected chi connectivity index (χ2v) is 7.88. The van der Waals surface area contributed by atoms with Crippen LogP contribution in [0.1, 0.15) is 17.5 Å². The lowest BCUT2D eigenvalue weighted by Crippen LogP contribution is -2.36. The lowest BCUT2D eigenvalue weighted by Gasteiger charge is -2.23. The first kappa shape index (κ1) is 23.7. The van der Waals surface area contributed by atoms with Crippen molar-refractivity contribution in [1.29, 1.82) is 0 Å². The van der Waals surface area contributed by atoms with Crippen molar-refractivity contribution in [3.63, 3.8) is 0 Å². The molecule has 2 aromatic rings. The van der Waals surface area contributed by atoms with Crippen LogP contribution in [0.15, 0.2) is 30.5 Å². The zero-order valence-electron chi connectivity index (χ0n) is 17.2. The van der Waals surface area contributed by atoms with E-state index in [1.165, 1.54) is 12.1 Å². The third-order valence-electron chi connectivity index (χ3n) is 5.03. The van der Waals surface area contributed by atoms with Gasteiger partial charge in [-0.2, -0.15) is 13.2 Å². The van der Waals surface area contributed by atoms with Crippen molar-refractivity contribution in [3.05, 3.63) is 56.7 Å². The number of amides is 1. The summed E-state index contributed by atoms with van der Waals surface area (Å²) in [5.74, 6) is -0.127. The molecule has 2 heterocycles. The van der Waals surface area contributed by atoms with Crippen molar-refractivity contribution in [3.8, 4) is 0 Å². The molecule has 0 radical (unpaired) electrons. The Labute approximate surface area is 187 Å². The van der Waals surface area contributed by atoms with Crippen molar-refractivity contribution in [1.82, 2.24) is 9.88 Å². The van der Waals surface area contributed by atoms with Gasteiger partial charge in [-0.05, 0) is 31.0 Å². The van der Waals surface area contributed by atoms with E-state index in [0.717, 1.165) is 12.3 Å². The van der Waals surface area contributed by atoms with Gasteiger partial charge in [0.2, 0.25) is 5.91 Å². The van der Waals surface area contributed by atoms with E-state index in [2.05, 4.69) is 10.3 Å². The summed E-state index contributed by atoms with van der Waals surface area (Å²) in [6.07, 6.45) is -3.13. The zero-order valence-corrected chi connectivity index (χ0v) is 17.9. The molecule has 1 amide bonds. The van der Waals surface area contributed by atoms with Crippen LogP contribution < -0.4 is 10.2 Å². The van der Waals surface area contributed by atoms with E-state index in [0.29, 0.717) is 38.2 Å². The number of hydrogen-bond donors (Lipinski definition) is 1. The van der Waals surface area contributed by atoms with Gasteiger partial charge in [0, 0.05) is 38.4 Å². The van der Waals surface area contributed by atoms with Gasteiger partial charge in [0.1, 0.15) is 11.5 Å². The maximum atomic E-state index is 12.8. The molecule has 0 unspecified atom stereocenters. The van der Waals surface area contributed by atoms with Crippen LogP contribution in [0.25, 0.3) is 0 Å². The average Bonchev–Trinajstić information content (AvgIpc) is 2.94. The maximum Gasteiger partial charge on any atom is 0.417 e. The van der Waals surface area contributed by atoms with Crippen molar-refractivity contribution in [2.24, 2.45) is 0 Å². The van der Waals surface area contributed by atoms with Gasteiger partial charge in [0.05, 0.1) is 22.1 Å². The summed E-state index contributed by atoms with van der Waals surface area (Å²) < 4.78 is 38.5. The summed E-state index contributed by atoms with van der Waals surface area (Å²) in [5.41, 5.74) is -0.256. The molecule has 3 rings (SSSR count). The highest BCUT2D eigenvalue weighted by molar-refractivity contribution is 6.33. The molecule has 1 saturated heterocycles. The molecule has 172 valence electrons. The fourth-order valence-electron chi connectivity index (χ4n) is 3.45. The van der Waals surface area contributed by atoms with Gasteiger partial charge in [-0.25, -0.2) is 4.98 Å². The molecule has 12 heteroatoms. The third kappa shape index (κ3) is 5.86. The van der Waals surface area contributed by atoms with Gasteiger partial charge in [0.25, 0.3) is 5.69 Å². The number of aryl methyl sites for hydroxylation is 1. The molecule has 1 aromatic carbocycles. The number of rotatable bonds is 5. The number of halogens is 4. The number of hydrogen-bond acceptors (Lipinski definition) is 6. The average molecular weight is 472 g/mol. The second-order valence-electron chi connectivity index (χ2n) is 7.47. The number of carbonyl (C=O) groups is 1. The number of benzene rings is 1. The Balaban J connectivity index is 1.61. The first-order valence-electron chi connectivity index (χ1n) is 9.79. The number of nitrogens with one attached hydrogen (secondary N) is 1.